The van der Waals surface area contributed by atoms with Crippen LogP contribution in [0.2, 0.25) is 0 Å². The van der Waals surface area contributed by atoms with Gasteiger partial charge < -0.3 is 9.26 Å². The maximum absolute atomic E-state index is 11.8. The average Bonchev–Trinajstić information content (AvgIpc) is 3.17. The van der Waals surface area contributed by atoms with Gasteiger partial charge in [0.15, 0.2) is 12.4 Å². The largest absolute Gasteiger partial charge is 0.457 e. The molecule has 0 radical (unpaired) electrons. The van der Waals surface area contributed by atoms with Gasteiger partial charge in [0.2, 0.25) is 0 Å². The zero-order chi connectivity index (χ0) is 14.7. The third kappa shape index (κ3) is 3.13. The van der Waals surface area contributed by atoms with Gasteiger partial charge in [-0.1, -0.05) is 63.6 Å². The molecular formula is C16H12BrNO3. The Bertz CT molecular complexity index is 706. The summed E-state index contributed by atoms with van der Waals surface area (Å²) in [7, 11) is 0. The number of hydrogen-bond acceptors (Lipinski definition) is 4. The molecule has 0 spiro atoms. The highest BCUT2D eigenvalue weighted by molar-refractivity contribution is 9.10. The zero-order valence-corrected chi connectivity index (χ0v) is 12.6. The van der Waals surface area contributed by atoms with E-state index in [1.165, 1.54) is 0 Å². The first-order valence-corrected chi connectivity index (χ1v) is 7.25. The van der Waals surface area contributed by atoms with Gasteiger partial charge in [-0.25, -0.2) is 0 Å². The molecule has 0 amide bonds. The van der Waals surface area contributed by atoms with Crippen LogP contribution in [0, 0.1) is 5.92 Å². The van der Waals surface area contributed by atoms with Crippen LogP contribution < -0.4 is 0 Å². The predicted octanol–water partition coefficient (Wildman–Crippen LogP) is 3.89. The van der Waals surface area contributed by atoms with Crippen LogP contribution in [-0.2, 0) is 16.1 Å². The van der Waals surface area contributed by atoms with E-state index in [2.05, 4.69) is 21.1 Å². The molecule has 1 aliphatic rings. The number of rotatable bonds is 4. The molecule has 0 saturated carbocycles. The molecule has 1 aromatic heterocycles. The van der Waals surface area contributed by atoms with Crippen molar-refractivity contribution in [3.63, 3.8) is 0 Å². The normalized spacial score (nSPS) is 13.8. The number of aromatic nitrogens is 1. The number of halogens is 1. The predicted molar refractivity (Wildman–Crippen MR) is 81.2 cm³/mol. The molecule has 0 fully saturated rings. The van der Waals surface area contributed by atoms with E-state index < -0.39 is 0 Å². The quantitative estimate of drug-likeness (QED) is 0.788. The first-order chi connectivity index (χ1) is 10.2. The lowest BCUT2D eigenvalue weighted by molar-refractivity contribution is -0.147. The highest BCUT2D eigenvalue weighted by Crippen LogP contribution is 2.27. The Hall–Kier alpha value is -2.14. The van der Waals surface area contributed by atoms with Crippen molar-refractivity contribution in [2.24, 2.45) is 5.92 Å². The second-order valence-electron chi connectivity index (χ2n) is 4.56. The molecule has 2 aromatic rings. The molecule has 3 rings (SSSR count). The molecule has 1 aliphatic carbocycles. The van der Waals surface area contributed by atoms with E-state index >= 15 is 0 Å². The van der Waals surface area contributed by atoms with Crippen LogP contribution in [0.15, 0.2) is 63.6 Å². The van der Waals surface area contributed by atoms with E-state index in [0.29, 0.717) is 11.5 Å². The van der Waals surface area contributed by atoms with Crippen LogP contribution in [0.25, 0.3) is 11.3 Å². The second-order valence-corrected chi connectivity index (χ2v) is 5.42. The molecule has 106 valence electrons. The lowest BCUT2D eigenvalue weighted by Gasteiger charge is -2.04. The maximum Gasteiger partial charge on any atom is 0.317 e. The third-order valence-electron chi connectivity index (χ3n) is 3.09. The fourth-order valence-corrected chi connectivity index (χ4v) is 2.49. The lowest BCUT2D eigenvalue weighted by Crippen LogP contribution is -2.12. The molecule has 1 aromatic carbocycles. The summed E-state index contributed by atoms with van der Waals surface area (Å²) in [6.07, 6.45) is 7.22. The molecule has 5 heteroatoms. The first kappa shape index (κ1) is 13.8. The Morgan fingerprint density at radius 1 is 1.29 bits per heavy atom. The fraction of sp³-hybridized carbons (Fsp3) is 0.125. The number of allylic oxidation sites excluding steroid dienone is 2. The molecule has 4 nitrogen and oxygen atoms in total. The van der Waals surface area contributed by atoms with E-state index in [1.807, 2.05) is 36.4 Å². The van der Waals surface area contributed by atoms with Crippen molar-refractivity contribution in [1.29, 1.82) is 0 Å². The summed E-state index contributed by atoms with van der Waals surface area (Å²) in [5.41, 5.74) is 1.63. The maximum atomic E-state index is 11.8. The molecule has 1 heterocycles. The first-order valence-electron chi connectivity index (χ1n) is 6.46. The minimum Gasteiger partial charge on any atom is -0.457 e. The van der Waals surface area contributed by atoms with Gasteiger partial charge >= 0.3 is 5.97 Å². The Balaban J connectivity index is 1.66. The summed E-state index contributed by atoms with van der Waals surface area (Å²) in [5, 5.41) is 4.00. The highest BCUT2D eigenvalue weighted by Gasteiger charge is 2.17. The van der Waals surface area contributed by atoms with Crippen LogP contribution in [0.5, 0.6) is 0 Å². The molecule has 0 bridgehead atoms. The van der Waals surface area contributed by atoms with Crippen LogP contribution in [-0.4, -0.2) is 11.1 Å². The molecular weight excluding hydrogens is 334 g/mol. The molecule has 21 heavy (non-hydrogen) atoms. The summed E-state index contributed by atoms with van der Waals surface area (Å²) in [4.78, 5) is 11.8. The van der Waals surface area contributed by atoms with Gasteiger partial charge in [0.25, 0.3) is 0 Å². The fourth-order valence-electron chi connectivity index (χ4n) is 2.00. The summed E-state index contributed by atoms with van der Waals surface area (Å²) in [6, 6.07) is 9.49. The summed E-state index contributed by atoms with van der Waals surface area (Å²) >= 11 is 3.47. The molecule has 0 saturated heterocycles. The van der Waals surface area contributed by atoms with E-state index in [-0.39, 0.29) is 18.5 Å². The molecule has 0 N–H and O–H groups in total. The number of hydrogen-bond donors (Lipinski definition) is 0. The van der Waals surface area contributed by atoms with Gasteiger partial charge in [-0.15, -0.1) is 0 Å². The summed E-state index contributed by atoms with van der Waals surface area (Å²) < 4.78 is 11.3. The van der Waals surface area contributed by atoms with Crippen molar-refractivity contribution in [2.75, 3.05) is 0 Å². The number of carbonyl (C=O) groups is 1. The second kappa shape index (κ2) is 6.10. The van der Waals surface area contributed by atoms with Gasteiger partial charge in [0.05, 0.1) is 5.92 Å². The minimum atomic E-state index is -0.296. The molecule has 0 unspecified atom stereocenters. The molecule has 0 aliphatic heterocycles. The van der Waals surface area contributed by atoms with Gasteiger partial charge in [0.1, 0.15) is 5.69 Å². The SMILES string of the molecule is O=C(OCc1cc(-c2ccccc2Br)no1)C1C=CC=C1. The third-order valence-corrected chi connectivity index (χ3v) is 3.78. The van der Waals surface area contributed by atoms with Crippen LogP contribution in [0.1, 0.15) is 5.76 Å². The van der Waals surface area contributed by atoms with Crippen molar-refractivity contribution in [3.8, 4) is 11.3 Å². The van der Waals surface area contributed by atoms with Crippen molar-refractivity contribution < 1.29 is 14.1 Å². The van der Waals surface area contributed by atoms with E-state index in [0.717, 1.165) is 10.0 Å². The monoisotopic (exact) mass is 345 g/mol. The van der Waals surface area contributed by atoms with Crippen molar-refractivity contribution >= 4 is 21.9 Å². The topological polar surface area (TPSA) is 52.3 Å². The highest BCUT2D eigenvalue weighted by atomic mass is 79.9. The zero-order valence-electron chi connectivity index (χ0n) is 11.0. The van der Waals surface area contributed by atoms with Crippen molar-refractivity contribution in [1.82, 2.24) is 5.16 Å². The van der Waals surface area contributed by atoms with Gasteiger partial charge in [-0.3, -0.25) is 4.79 Å². The Labute approximate surface area is 130 Å². The Kier molecular flexibility index (Phi) is 4.01. The van der Waals surface area contributed by atoms with Gasteiger partial charge in [-0.05, 0) is 6.07 Å². The number of nitrogens with zero attached hydrogens (tertiary/aromatic N) is 1. The van der Waals surface area contributed by atoms with Crippen LogP contribution in [0.3, 0.4) is 0 Å². The lowest BCUT2D eigenvalue weighted by atomic mass is 10.1. The number of esters is 1. The van der Waals surface area contributed by atoms with E-state index in [4.69, 9.17) is 9.26 Å². The van der Waals surface area contributed by atoms with E-state index in [1.54, 1.807) is 18.2 Å². The molecule has 0 atom stereocenters. The summed E-state index contributed by atoms with van der Waals surface area (Å²) in [5.74, 6) is -0.0745. The van der Waals surface area contributed by atoms with E-state index in [9.17, 15) is 4.79 Å². The van der Waals surface area contributed by atoms with Crippen LogP contribution >= 0.6 is 15.9 Å². The van der Waals surface area contributed by atoms with Crippen molar-refractivity contribution in [3.05, 3.63) is 64.9 Å². The number of ether oxygens (including phenoxy) is 1. The Morgan fingerprint density at radius 3 is 2.81 bits per heavy atom. The Morgan fingerprint density at radius 2 is 2.05 bits per heavy atom. The standard InChI is InChI=1S/C16H12BrNO3/c17-14-8-4-3-7-13(14)15-9-12(21-18-15)10-20-16(19)11-5-1-2-6-11/h1-9,11H,10H2. The average molecular weight is 346 g/mol. The van der Waals surface area contributed by atoms with Crippen molar-refractivity contribution in [2.45, 2.75) is 6.61 Å². The van der Waals surface area contributed by atoms with Gasteiger partial charge in [-0.2, -0.15) is 0 Å². The summed E-state index contributed by atoms with van der Waals surface area (Å²) in [6.45, 7) is 0.0778. The number of carbonyl (C=O) groups excluding carboxylic acids is 1. The minimum absolute atomic E-state index is 0.0778. The van der Waals surface area contributed by atoms with Crippen LogP contribution in [0.4, 0.5) is 0 Å². The smallest absolute Gasteiger partial charge is 0.317 e. The number of benzene rings is 1. The van der Waals surface area contributed by atoms with Gasteiger partial charge in [0, 0.05) is 16.1 Å².